The highest BCUT2D eigenvalue weighted by molar-refractivity contribution is 7.91. The molecule has 1 saturated heterocycles. The molecule has 0 spiro atoms. The van der Waals surface area contributed by atoms with Crippen LogP contribution in [0.5, 0.6) is 0 Å². The molecule has 1 rings (SSSR count). The molecule has 0 N–H and O–H groups in total. The lowest BCUT2D eigenvalue weighted by Gasteiger charge is -1.98. The third-order valence-electron chi connectivity index (χ3n) is 1.84. The first-order valence-electron chi connectivity index (χ1n) is 3.42. The van der Waals surface area contributed by atoms with Gasteiger partial charge in [0.2, 0.25) is 0 Å². The van der Waals surface area contributed by atoms with Gasteiger partial charge in [-0.1, -0.05) is 6.58 Å². The van der Waals surface area contributed by atoms with Gasteiger partial charge in [-0.05, 0) is 12.5 Å². The van der Waals surface area contributed by atoms with Crippen LogP contribution in [-0.2, 0) is 14.6 Å². The zero-order chi connectivity index (χ0) is 8.48. The van der Waals surface area contributed by atoms with Gasteiger partial charge in [0.15, 0.2) is 15.6 Å². The smallest absolute Gasteiger partial charge is 0.159 e. The van der Waals surface area contributed by atoms with Crippen LogP contribution in [0.3, 0.4) is 0 Å². The molecule has 0 bridgehead atoms. The molecule has 0 aromatic carbocycles. The van der Waals surface area contributed by atoms with Crippen LogP contribution in [-0.4, -0.2) is 25.7 Å². The van der Waals surface area contributed by atoms with Gasteiger partial charge >= 0.3 is 0 Å². The molecule has 0 saturated carbocycles. The van der Waals surface area contributed by atoms with E-state index in [4.69, 9.17) is 0 Å². The molecule has 1 aliphatic rings. The summed E-state index contributed by atoms with van der Waals surface area (Å²) in [7, 11) is -2.92. The van der Waals surface area contributed by atoms with Crippen LogP contribution < -0.4 is 0 Å². The summed E-state index contributed by atoms with van der Waals surface area (Å²) >= 11 is 0. The number of hydrogen-bond donors (Lipinski definition) is 0. The van der Waals surface area contributed by atoms with Crippen LogP contribution in [0.25, 0.3) is 0 Å². The van der Waals surface area contributed by atoms with Gasteiger partial charge in [-0.15, -0.1) is 0 Å². The molecular weight excluding hydrogens is 164 g/mol. The van der Waals surface area contributed by atoms with Crippen LogP contribution >= 0.6 is 0 Å². The van der Waals surface area contributed by atoms with Gasteiger partial charge in [-0.3, -0.25) is 4.79 Å². The fourth-order valence-electron chi connectivity index (χ4n) is 1.19. The molecule has 0 aliphatic carbocycles. The Labute approximate surface area is 66.0 Å². The predicted octanol–water partition coefficient (Wildman–Crippen LogP) is 0.176. The van der Waals surface area contributed by atoms with Crippen molar-refractivity contribution in [1.29, 1.82) is 0 Å². The van der Waals surface area contributed by atoms with Crippen molar-refractivity contribution in [2.45, 2.75) is 6.42 Å². The summed E-state index contributed by atoms with van der Waals surface area (Å²) in [4.78, 5) is 10.9. The topological polar surface area (TPSA) is 51.2 Å². The van der Waals surface area contributed by atoms with Crippen LogP contribution in [0.4, 0.5) is 0 Å². The van der Waals surface area contributed by atoms with E-state index in [0.29, 0.717) is 6.42 Å². The Morgan fingerprint density at radius 1 is 1.55 bits per heavy atom. The number of rotatable bonds is 2. The molecule has 0 aromatic rings. The van der Waals surface area contributed by atoms with Crippen molar-refractivity contribution >= 4 is 15.6 Å². The Balaban J connectivity index is 2.69. The summed E-state index contributed by atoms with van der Waals surface area (Å²) in [5.41, 5.74) is 0. The van der Waals surface area contributed by atoms with Crippen LogP contribution in [0.1, 0.15) is 6.42 Å². The standard InChI is InChI=1S/C7H10O3S/c1-2-7(8)6-3-4-11(9,10)5-6/h2,6H,1,3-5H2. The molecule has 3 nitrogen and oxygen atoms in total. The minimum absolute atomic E-state index is 0.0118. The first-order chi connectivity index (χ1) is 5.05. The summed E-state index contributed by atoms with van der Waals surface area (Å²) in [5.74, 6) is -0.307. The highest BCUT2D eigenvalue weighted by Crippen LogP contribution is 2.19. The minimum Gasteiger partial charge on any atom is -0.295 e. The Bertz CT molecular complexity index is 276. The molecule has 1 unspecified atom stereocenters. The Hall–Kier alpha value is -0.640. The third kappa shape index (κ3) is 1.89. The van der Waals surface area contributed by atoms with Crippen molar-refractivity contribution in [3.05, 3.63) is 12.7 Å². The van der Waals surface area contributed by atoms with Crippen LogP contribution in [0.2, 0.25) is 0 Å². The number of carbonyl (C=O) groups is 1. The second-order valence-electron chi connectivity index (χ2n) is 2.71. The van der Waals surface area contributed by atoms with Crippen molar-refractivity contribution in [3.63, 3.8) is 0 Å². The minimum atomic E-state index is -2.92. The fourth-order valence-corrected chi connectivity index (χ4v) is 2.94. The molecule has 1 heterocycles. The summed E-state index contributed by atoms with van der Waals surface area (Å²) in [6.45, 7) is 3.31. The largest absolute Gasteiger partial charge is 0.295 e. The molecule has 1 aliphatic heterocycles. The van der Waals surface area contributed by atoms with Crippen LogP contribution in [0, 0.1) is 5.92 Å². The van der Waals surface area contributed by atoms with Gasteiger partial charge in [0.05, 0.1) is 11.5 Å². The van der Waals surface area contributed by atoms with Crippen molar-refractivity contribution in [3.8, 4) is 0 Å². The molecule has 11 heavy (non-hydrogen) atoms. The second kappa shape index (κ2) is 2.77. The van der Waals surface area contributed by atoms with Crippen molar-refractivity contribution in [2.24, 2.45) is 5.92 Å². The zero-order valence-electron chi connectivity index (χ0n) is 6.12. The first kappa shape index (κ1) is 8.46. The van der Waals surface area contributed by atoms with E-state index in [9.17, 15) is 13.2 Å². The lowest BCUT2D eigenvalue weighted by atomic mass is 10.0. The number of allylic oxidation sites excluding steroid dienone is 1. The number of hydrogen-bond acceptors (Lipinski definition) is 3. The lowest BCUT2D eigenvalue weighted by Crippen LogP contribution is -2.13. The molecular formula is C7H10O3S. The van der Waals surface area contributed by atoms with Crippen molar-refractivity contribution in [2.75, 3.05) is 11.5 Å². The molecule has 1 fully saturated rings. The highest BCUT2D eigenvalue weighted by atomic mass is 32.2. The number of ketones is 1. The van der Waals surface area contributed by atoms with E-state index in [1.165, 1.54) is 6.08 Å². The Kier molecular flexibility index (Phi) is 2.13. The molecule has 1 atom stereocenters. The lowest BCUT2D eigenvalue weighted by molar-refractivity contribution is -0.117. The average molecular weight is 174 g/mol. The van der Waals surface area contributed by atoms with Gasteiger partial charge < -0.3 is 0 Å². The quantitative estimate of drug-likeness (QED) is 0.561. The maximum absolute atomic E-state index is 10.9. The maximum Gasteiger partial charge on any atom is 0.159 e. The van der Waals surface area contributed by atoms with E-state index in [1.807, 2.05) is 0 Å². The Morgan fingerprint density at radius 2 is 2.18 bits per heavy atom. The van der Waals surface area contributed by atoms with E-state index in [-0.39, 0.29) is 23.2 Å². The Morgan fingerprint density at radius 3 is 2.55 bits per heavy atom. The number of carbonyl (C=O) groups excluding carboxylic acids is 1. The summed E-state index contributed by atoms with van der Waals surface area (Å²) in [5, 5.41) is 0. The summed E-state index contributed by atoms with van der Waals surface area (Å²) in [6.07, 6.45) is 1.67. The highest BCUT2D eigenvalue weighted by Gasteiger charge is 2.31. The van der Waals surface area contributed by atoms with Crippen LogP contribution in [0.15, 0.2) is 12.7 Å². The van der Waals surface area contributed by atoms with Gasteiger partial charge in [0.25, 0.3) is 0 Å². The van der Waals surface area contributed by atoms with Gasteiger partial charge in [-0.25, -0.2) is 8.42 Å². The van der Waals surface area contributed by atoms with Crippen molar-refractivity contribution < 1.29 is 13.2 Å². The second-order valence-corrected chi connectivity index (χ2v) is 4.94. The summed E-state index contributed by atoms with van der Waals surface area (Å²) in [6, 6.07) is 0. The van der Waals surface area contributed by atoms with E-state index >= 15 is 0 Å². The van der Waals surface area contributed by atoms with Gasteiger partial charge in [0.1, 0.15) is 0 Å². The van der Waals surface area contributed by atoms with Crippen molar-refractivity contribution in [1.82, 2.24) is 0 Å². The van der Waals surface area contributed by atoms with Gasteiger partial charge in [-0.2, -0.15) is 0 Å². The SMILES string of the molecule is C=CC(=O)C1CCS(=O)(=O)C1. The maximum atomic E-state index is 10.9. The normalized spacial score (nSPS) is 28.2. The average Bonchev–Trinajstić information content (AvgIpc) is 2.29. The first-order valence-corrected chi connectivity index (χ1v) is 5.24. The monoisotopic (exact) mass is 174 g/mol. The molecule has 0 amide bonds. The third-order valence-corrected chi connectivity index (χ3v) is 3.60. The molecule has 0 radical (unpaired) electrons. The van der Waals surface area contributed by atoms with E-state index in [2.05, 4.69) is 6.58 Å². The van der Waals surface area contributed by atoms with Gasteiger partial charge in [0, 0.05) is 5.92 Å². The molecule has 0 aromatic heterocycles. The fraction of sp³-hybridized carbons (Fsp3) is 0.571. The van der Waals surface area contributed by atoms with E-state index < -0.39 is 9.84 Å². The summed E-state index contributed by atoms with van der Waals surface area (Å²) < 4.78 is 21.7. The van der Waals surface area contributed by atoms with E-state index in [0.717, 1.165) is 0 Å². The van der Waals surface area contributed by atoms with E-state index in [1.54, 1.807) is 0 Å². The predicted molar refractivity (Wildman–Crippen MR) is 42.0 cm³/mol. The zero-order valence-corrected chi connectivity index (χ0v) is 6.93. The number of sulfone groups is 1. The molecule has 4 heteroatoms. The molecule has 62 valence electrons.